The van der Waals surface area contributed by atoms with Gasteiger partial charge in [-0.25, -0.2) is 14.6 Å². The molecule has 2 aromatic heterocycles. The summed E-state index contributed by atoms with van der Waals surface area (Å²) in [5.74, 6) is 0.733. The monoisotopic (exact) mass is 502 g/mol. The number of ether oxygens (including phenoxy) is 1. The van der Waals surface area contributed by atoms with Crippen molar-refractivity contribution < 1.29 is 9.53 Å². The van der Waals surface area contributed by atoms with Crippen molar-refractivity contribution in [2.45, 2.75) is 66.2 Å². The molecule has 2 N–H and O–H groups in total. The van der Waals surface area contributed by atoms with Gasteiger partial charge in [-0.05, 0) is 52.1 Å². The second-order valence-corrected chi connectivity index (χ2v) is 10.3. The van der Waals surface area contributed by atoms with Crippen molar-refractivity contribution in [3.8, 4) is 0 Å². The molecule has 0 aliphatic rings. The first-order valence-corrected chi connectivity index (χ1v) is 12.3. The first kappa shape index (κ1) is 26.7. The van der Waals surface area contributed by atoms with E-state index >= 15 is 0 Å². The van der Waals surface area contributed by atoms with Gasteiger partial charge in [-0.3, -0.25) is 4.57 Å². The van der Waals surface area contributed by atoms with Gasteiger partial charge in [-0.15, -0.1) is 0 Å². The number of hydrogen-bond acceptors (Lipinski definition) is 6. The number of carbonyl (C=O) groups excluding carboxylic acids is 1. The molecule has 190 valence electrons. The molecule has 10 heteroatoms. The molecular formula is C25H35ClN6O3. The summed E-state index contributed by atoms with van der Waals surface area (Å²) in [6.07, 6.45) is 0.243. The maximum Gasteiger partial charge on any atom is 0.407 e. The summed E-state index contributed by atoms with van der Waals surface area (Å²) in [4.78, 5) is 30.2. The van der Waals surface area contributed by atoms with E-state index in [1.54, 1.807) is 11.5 Å². The Balaban J connectivity index is 1.84. The number of rotatable bonds is 9. The number of benzene rings is 1. The van der Waals surface area contributed by atoms with E-state index in [-0.39, 0.29) is 17.6 Å². The lowest BCUT2D eigenvalue weighted by Crippen LogP contribution is -2.39. The number of hydrogen-bond donors (Lipinski definition) is 2. The minimum atomic E-state index is -0.537. The van der Waals surface area contributed by atoms with E-state index in [1.807, 2.05) is 51.1 Å². The zero-order valence-electron chi connectivity index (χ0n) is 21.3. The molecule has 35 heavy (non-hydrogen) atoms. The summed E-state index contributed by atoms with van der Waals surface area (Å²) in [6.45, 7) is 12.8. The molecule has 0 spiro atoms. The molecule has 1 amide bonds. The fourth-order valence-corrected chi connectivity index (χ4v) is 3.89. The summed E-state index contributed by atoms with van der Waals surface area (Å²) in [5.41, 5.74) is 1.07. The minimum absolute atomic E-state index is 0.132. The summed E-state index contributed by atoms with van der Waals surface area (Å²) >= 11 is 6.44. The smallest absolute Gasteiger partial charge is 0.407 e. The van der Waals surface area contributed by atoms with E-state index in [9.17, 15) is 9.59 Å². The summed E-state index contributed by atoms with van der Waals surface area (Å²) in [6, 6.07) is 9.55. The Morgan fingerprint density at radius 2 is 1.86 bits per heavy atom. The second kappa shape index (κ2) is 11.2. The van der Waals surface area contributed by atoms with Crippen LogP contribution in [0.15, 0.2) is 35.1 Å². The van der Waals surface area contributed by atoms with Gasteiger partial charge in [0.2, 0.25) is 0 Å². The molecule has 2 heterocycles. The molecule has 0 aliphatic carbocycles. The van der Waals surface area contributed by atoms with Crippen LogP contribution >= 0.6 is 11.6 Å². The van der Waals surface area contributed by atoms with E-state index in [0.717, 1.165) is 5.56 Å². The third-order valence-corrected chi connectivity index (χ3v) is 5.83. The molecule has 1 atom stereocenters. The molecule has 0 aliphatic heterocycles. The van der Waals surface area contributed by atoms with Crippen LogP contribution in [0.25, 0.3) is 5.65 Å². The molecule has 3 aromatic rings. The van der Waals surface area contributed by atoms with Crippen LogP contribution in [0.5, 0.6) is 0 Å². The Morgan fingerprint density at radius 1 is 1.17 bits per heavy atom. The molecule has 0 radical (unpaired) electrons. The van der Waals surface area contributed by atoms with Gasteiger partial charge in [0.15, 0.2) is 5.65 Å². The SMILES string of the molecule is Cc1nn2c(=O)n(Cc3ccccc3)c(C(NCCCNC(=O)OC(C)(C)C)C(C)C)nc2c1Cl. The highest BCUT2D eigenvalue weighted by molar-refractivity contribution is 6.34. The molecule has 1 unspecified atom stereocenters. The van der Waals surface area contributed by atoms with Crippen LogP contribution in [-0.4, -0.2) is 43.9 Å². The zero-order valence-corrected chi connectivity index (χ0v) is 22.0. The van der Waals surface area contributed by atoms with Crippen LogP contribution in [0.4, 0.5) is 4.79 Å². The molecule has 9 nitrogen and oxygen atoms in total. The highest BCUT2D eigenvalue weighted by Crippen LogP contribution is 2.24. The molecule has 3 rings (SSSR count). The predicted octanol–water partition coefficient (Wildman–Crippen LogP) is 4.10. The highest BCUT2D eigenvalue weighted by Gasteiger charge is 2.25. The molecule has 0 bridgehead atoms. The van der Waals surface area contributed by atoms with Gasteiger partial charge in [0.25, 0.3) is 0 Å². The number of aromatic nitrogens is 4. The number of halogens is 1. The van der Waals surface area contributed by atoms with Crippen LogP contribution < -0.4 is 16.3 Å². The van der Waals surface area contributed by atoms with Crippen molar-refractivity contribution in [2.24, 2.45) is 5.92 Å². The average Bonchev–Trinajstić information content (AvgIpc) is 3.06. The van der Waals surface area contributed by atoms with E-state index in [1.165, 1.54) is 4.52 Å². The standard InChI is InChI=1S/C25H35ClN6O3/c1-16(2)20(27-13-10-14-28-23(33)35-25(4,5)6)22-29-21-19(26)17(3)30-32(21)24(34)31(22)15-18-11-8-7-9-12-18/h7-9,11-12,16,20,27H,10,13-15H2,1-6H3,(H,28,33). The van der Waals surface area contributed by atoms with Crippen molar-refractivity contribution in [3.63, 3.8) is 0 Å². The summed E-state index contributed by atoms with van der Waals surface area (Å²) < 4.78 is 8.20. The Bertz CT molecular complexity index is 1210. The quantitative estimate of drug-likeness (QED) is 0.427. The van der Waals surface area contributed by atoms with E-state index in [0.29, 0.717) is 48.2 Å². The van der Waals surface area contributed by atoms with Gasteiger partial charge in [0.05, 0.1) is 18.3 Å². The zero-order chi connectivity index (χ0) is 25.8. The number of carbonyl (C=O) groups is 1. The molecular weight excluding hydrogens is 468 g/mol. The topological polar surface area (TPSA) is 103 Å². The second-order valence-electron chi connectivity index (χ2n) is 9.92. The van der Waals surface area contributed by atoms with Crippen molar-refractivity contribution >= 4 is 23.3 Å². The van der Waals surface area contributed by atoms with Gasteiger partial charge in [0, 0.05) is 6.54 Å². The van der Waals surface area contributed by atoms with Crippen molar-refractivity contribution in [3.05, 3.63) is 62.9 Å². The highest BCUT2D eigenvalue weighted by atomic mass is 35.5. The largest absolute Gasteiger partial charge is 0.444 e. The van der Waals surface area contributed by atoms with Crippen LogP contribution in [0.3, 0.4) is 0 Å². The Labute approximate surface area is 210 Å². The van der Waals surface area contributed by atoms with Crippen molar-refractivity contribution in [1.82, 2.24) is 29.8 Å². The van der Waals surface area contributed by atoms with Gasteiger partial charge in [-0.2, -0.15) is 9.61 Å². The van der Waals surface area contributed by atoms with Crippen LogP contribution in [0.1, 0.15) is 64.2 Å². The molecule has 0 saturated carbocycles. The van der Waals surface area contributed by atoms with E-state index in [2.05, 4.69) is 29.6 Å². The lowest BCUT2D eigenvalue weighted by atomic mass is 10.0. The number of nitrogens with one attached hydrogen (secondary N) is 2. The summed E-state index contributed by atoms with van der Waals surface area (Å²) in [7, 11) is 0. The van der Waals surface area contributed by atoms with Gasteiger partial charge in [-0.1, -0.05) is 55.8 Å². The number of aryl methyl sites for hydroxylation is 1. The number of nitrogens with zero attached hydrogens (tertiary/aromatic N) is 4. The third kappa shape index (κ3) is 6.82. The van der Waals surface area contributed by atoms with Gasteiger partial charge in [0.1, 0.15) is 16.4 Å². The predicted molar refractivity (Wildman–Crippen MR) is 137 cm³/mol. The van der Waals surface area contributed by atoms with Crippen molar-refractivity contribution in [1.29, 1.82) is 0 Å². The Hall–Kier alpha value is -2.91. The third-order valence-electron chi connectivity index (χ3n) is 5.39. The molecule has 0 fully saturated rings. The van der Waals surface area contributed by atoms with Gasteiger partial charge >= 0.3 is 11.8 Å². The normalized spacial score (nSPS) is 12.8. The first-order valence-electron chi connectivity index (χ1n) is 11.9. The van der Waals surface area contributed by atoms with Crippen molar-refractivity contribution in [2.75, 3.05) is 13.1 Å². The van der Waals surface area contributed by atoms with E-state index < -0.39 is 11.7 Å². The number of fused-ring (bicyclic) bond motifs is 1. The average molecular weight is 503 g/mol. The Kier molecular flexibility index (Phi) is 8.56. The fraction of sp³-hybridized carbons (Fsp3) is 0.520. The molecule has 0 saturated heterocycles. The van der Waals surface area contributed by atoms with Crippen LogP contribution in [0.2, 0.25) is 5.02 Å². The Morgan fingerprint density at radius 3 is 2.49 bits per heavy atom. The fourth-order valence-electron chi connectivity index (χ4n) is 3.73. The maximum absolute atomic E-state index is 13.5. The first-order chi connectivity index (χ1) is 16.5. The lowest BCUT2D eigenvalue weighted by Gasteiger charge is -2.25. The summed E-state index contributed by atoms with van der Waals surface area (Å²) in [5, 5.41) is 11.0. The number of amides is 1. The molecule has 1 aromatic carbocycles. The van der Waals surface area contributed by atoms with Crippen LogP contribution in [0, 0.1) is 12.8 Å². The number of alkyl carbamates (subject to hydrolysis) is 1. The van der Waals surface area contributed by atoms with E-state index in [4.69, 9.17) is 21.3 Å². The lowest BCUT2D eigenvalue weighted by molar-refractivity contribution is 0.0527. The minimum Gasteiger partial charge on any atom is -0.444 e. The van der Waals surface area contributed by atoms with Gasteiger partial charge < -0.3 is 15.4 Å². The van der Waals surface area contributed by atoms with Crippen LogP contribution in [-0.2, 0) is 11.3 Å². The maximum atomic E-state index is 13.5.